The van der Waals surface area contributed by atoms with Crippen molar-refractivity contribution in [1.82, 2.24) is 0 Å². The Bertz CT molecular complexity index is 702. The van der Waals surface area contributed by atoms with Gasteiger partial charge in [-0.05, 0) is 43.2 Å². The molecule has 0 heterocycles. The Hall–Kier alpha value is -2.50. The van der Waals surface area contributed by atoms with Gasteiger partial charge in [0.2, 0.25) is 0 Å². The van der Waals surface area contributed by atoms with Crippen LogP contribution in [0.5, 0.6) is 0 Å². The topological polar surface area (TPSA) is 41.1 Å². The predicted molar refractivity (Wildman–Crippen MR) is 74.9 cm³/mol. The molecule has 0 aromatic heterocycles. The van der Waals surface area contributed by atoms with E-state index in [1.807, 2.05) is 19.1 Å². The monoisotopic (exact) mass is 294 g/mol. The predicted octanol–water partition coefficient (Wildman–Crippen LogP) is 4.36. The molecular weight excluding hydrogens is 281 g/mol. The number of urea groups is 1. The number of carbonyl (C=O) groups is 1. The van der Waals surface area contributed by atoms with Gasteiger partial charge in [-0.2, -0.15) is 0 Å². The summed E-state index contributed by atoms with van der Waals surface area (Å²) in [5, 5.41) is 4.67. The zero-order chi connectivity index (χ0) is 15.6. The van der Waals surface area contributed by atoms with Gasteiger partial charge in [-0.15, -0.1) is 0 Å². The second-order valence-corrected chi connectivity index (χ2v) is 4.62. The van der Waals surface area contributed by atoms with Crippen LogP contribution in [-0.4, -0.2) is 6.03 Å². The van der Waals surface area contributed by atoms with E-state index >= 15 is 0 Å². The highest BCUT2D eigenvalue weighted by molar-refractivity contribution is 6.00. The molecule has 2 aromatic carbocycles. The van der Waals surface area contributed by atoms with E-state index in [-0.39, 0.29) is 0 Å². The van der Waals surface area contributed by atoms with Crippen LogP contribution < -0.4 is 10.6 Å². The third-order valence-electron chi connectivity index (χ3n) is 2.92. The first-order chi connectivity index (χ1) is 9.88. The highest BCUT2D eigenvalue weighted by Gasteiger charge is 2.15. The molecule has 0 aliphatic carbocycles. The Kier molecular flexibility index (Phi) is 4.16. The number of hydrogen-bond donors (Lipinski definition) is 2. The third-order valence-corrected chi connectivity index (χ3v) is 2.92. The summed E-state index contributed by atoms with van der Waals surface area (Å²) in [4.78, 5) is 11.8. The summed E-state index contributed by atoms with van der Waals surface area (Å²) in [5.74, 6) is -4.38. The van der Waals surface area contributed by atoms with Gasteiger partial charge in [-0.25, -0.2) is 18.0 Å². The lowest BCUT2D eigenvalue weighted by Gasteiger charge is -2.11. The van der Waals surface area contributed by atoms with E-state index in [1.165, 1.54) is 0 Å². The molecule has 0 saturated carbocycles. The lowest BCUT2D eigenvalue weighted by molar-refractivity contribution is 0.262. The van der Waals surface area contributed by atoms with Crippen molar-refractivity contribution in [3.8, 4) is 0 Å². The van der Waals surface area contributed by atoms with E-state index in [1.54, 1.807) is 13.0 Å². The van der Waals surface area contributed by atoms with Crippen LogP contribution in [0.15, 0.2) is 30.3 Å². The zero-order valence-corrected chi connectivity index (χ0v) is 11.4. The number of anilines is 2. The van der Waals surface area contributed by atoms with Crippen molar-refractivity contribution in [2.45, 2.75) is 13.8 Å². The van der Waals surface area contributed by atoms with E-state index in [2.05, 4.69) is 10.6 Å². The van der Waals surface area contributed by atoms with Crippen LogP contribution in [0.4, 0.5) is 29.3 Å². The van der Waals surface area contributed by atoms with Crippen LogP contribution in [0.3, 0.4) is 0 Å². The minimum absolute atomic E-state index is 0.434. The number of nitrogens with one attached hydrogen (secondary N) is 2. The standard InChI is InChI=1S/C15H13F3N2O/c1-8-3-4-9(2)12(7-8)20-15(21)19-11-6-5-10(16)13(17)14(11)18/h3-7H,1-2H3,(H2,19,20,21). The van der Waals surface area contributed by atoms with Crippen molar-refractivity contribution in [3.63, 3.8) is 0 Å². The Balaban J connectivity index is 2.16. The van der Waals surface area contributed by atoms with Gasteiger partial charge in [0.25, 0.3) is 0 Å². The summed E-state index contributed by atoms with van der Waals surface area (Å²) in [6.45, 7) is 3.66. The molecule has 0 radical (unpaired) electrons. The molecule has 21 heavy (non-hydrogen) atoms. The van der Waals surface area contributed by atoms with E-state index in [0.717, 1.165) is 23.3 Å². The van der Waals surface area contributed by atoms with Crippen LogP contribution in [-0.2, 0) is 0 Å². The smallest absolute Gasteiger partial charge is 0.307 e. The average molecular weight is 294 g/mol. The summed E-state index contributed by atoms with van der Waals surface area (Å²) in [6, 6.07) is 6.41. The fourth-order valence-electron chi connectivity index (χ4n) is 1.77. The van der Waals surface area contributed by atoms with Crippen molar-refractivity contribution in [1.29, 1.82) is 0 Å². The number of carbonyl (C=O) groups excluding carboxylic acids is 1. The second kappa shape index (κ2) is 5.87. The summed E-state index contributed by atoms with van der Waals surface area (Å²) in [5.41, 5.74) is 1.88. The molecule has 2 aromatic rings. The maximum Gasteiger partial charge on any atom is 0.323 e. The quantitative estimate of drug-likeness (QED) is 0.794. The molecule has 0 spiro atoms. The third kappa shape index (κ3) is 3.34. The number of benzene rings is 2. The Morgan fingerprint density at radius 3 is 2.29 bits per heavy atom. The molecular formula is C15H13F3N2O. The van der Waals surface area contributed by atoms with Crippen LogP contribution in [0, 0.1) is 31.3 Å². The number of halogens is 3. The molecule has 2 N–H and O–H groups in total. The molecule has 6 heteroatoms. The fourth-order valence-corrected chi connectivity index (χ4v) is 1.77. The van der Waals surface area contributed by atoms with Gasteiger partial charge in [-0.1, -0.05) is 12.1 Å². The van der Waals surface area contributed by atoms with Crippen molar-refractivity contribution >= 4 is 17.4 Å². The Morgan fingerprint density at radius 2 is 1.57 bits per heavy atom. The fraction of sp³-hybridized carbons (Fsp3) is 0.133. The largest absolute Gasteiger partial charge is 0.323 e. The number of aryl methyl sites for hydroxylation is 2. The van der Waals surface area contributed by atoms with Gasteiger partial charge in [0.1, 0.15) is 0 Å². The average Bonchev–Trinajstić information content (AvgIpc) is 2.43. The van der Waals surface area contributed by atoms with E-state index in [9.17, 15) is 18.0 Å². The minimum atomic E-state index is -1.63. The number of amides is 2. The van der Waals surface area contributed by atoms with Gasteiger partial charge < -0.3 is 10.6 Å². The second-order valence-electron chi connectivity index (χ2n) is 4.62. The van der Waals surface area contributed by atoms with Gasteiger partial charge in [0.05, 0.1) is 5.69 Å². The van der Waals surface area contributed by atoms with Crippen molar-refractivity contribution in [2.24, 2.45) is 0 Å². The van der Waals surface area contributed by atoms with E-state index in [4.69, 9.17) is 0 Å². The summed E-state index contributed by atoms with van der Waals surface area (Å²) < 4.78 is 39.3. The number of rotatable bonds is 2. The molecule has 0 aliphatic heterocycles. The highest BCUT2D eigenvalue weighted by Crippen LogP contribution is 2.21. The molecule has 2 rings (SSSR count). The zero-order valence-electron chi connectivity index (χ0n) is 11.4. The molecule has 0 fully saturated rings. The van der Waals surface area contributed by atoms with Crippen LogP contribution in [0.1, 0.15) is 11.1 Å². The maximum atomic E-state index is 13.4. The molecule has 0 saturated heterocycles. The van der Waals surface area contributed by atoms with E-state index < -0.39 is 29.2 Å². The van der Waals surface area contributed by atoms with Crippen molar-refractivity contribution < 1.29 is 18.0 Å². The molecule has 3 nitrogen and oxygen atoms in total. The summed E-state index contributed by atoms with van der Waals surface area (Å²) in [7, 11) is 0. The molecule has 110 valence electrons. The van der Waals surface area contributed by atoms with Gasteiger partial charge in [-0.3, -0.25) is 0 Å². The summed E-state index contributed by atoms with van der Waals surface area (Å²) >= 11 is 0. The van der Waals surface area contributed by atoms with Gasteiger partial charge >= 0.3 is 6.03 Å². The molecule has 0 bridgehead atoms. The molecule has 0 atom stereocenters. The first kappa shape index (κ1) is 14.9. The minimum Gasteiger partial charge on any atom is -0.307 e. The highest BCUT2D eigenvalue weighted by atomic mass is 19.2. The molecule has 2 amide bonds. The van der Waals surface area contributed by atoms with Crippen LogP contribution in [0.25, 0.3) is 0 Å². The normalized spacial score (nSPS) is 10.3. The summed E-state index contributed by atoms with van der Waals surface area (Å²) in [6.07, 6.45) is 0. The first-order valence-electron chi connectivity index (χ1n) is 6.17. The Morgan fingerprint density at radius 1 is 0.905 bits per heavy atom. The molecule has 0 aliphatic rings. The Labute approximate surface area is 119 Å². The number of hydrogen-bond acceptors (Lipinski definition) is 1. The van der Waals surface area contributed by atoms with Crippen molar-refractivity contribution in [2.75, 3.05) is 10.6 Å². The maximum absolute atomic E-state index is 13.4. The van der Waals surface area contributed by atoms with Crippen LogP contribution >= 0.6 is 0 Å². The van der Waals surface area contributed by atoms with Gasteiger partial charge in [0.15, 0.2) is 17.5 Å². The lowest BCUT2D eigenvalue weighted by atomic mass is 10.1. The lowest BCUT2D eigenvalue weighted by Crippen LogP contribution is -2.21. The van der Waals surface area contributed by atoms with Crippen LogP contribution in [0.2, 0.25) is 0 Å². The first-order valence-corrected chi connectivity index (χ1v) is 6.17. The van der Waals surface area contributed by atoms with E-state index in [0.29, 0.717) is 5.69 Å². The van der Waals surface area contributed by atoms with Crippen molar-refractivity contribution in [3.05, 3.63) is 58.9 Å². The molecule has 0 unspecified atom stereocenters. The SMILES string of the molecule is Cc1ccc(C)c(NC(=O)Nc2ccc(F)c(F)c2F)c1. The van der Waals surface area contributed by atoms with Gasteiger partial charge in [0, 0.05) is 5.69 Å².